The molecular weight excluding hydrogens is 326 g/mol. The third-order valence-corrected chi connectivity index (χ3v) is 2.94. The van der Waals surface area contributed by atoms with Crippen molar-refractivity contribution in [2.45, 2.75) is 0 Å². The third kappa shape index (κ3) is 4.03. The van der Waals surface area contributed by atoms with Gasteiger partial charge in [-0.1, -0.05) is 0 Å². The average Bonchev–Trinajstić information content (AvgIpc) is 2.91. The van der Waals surface area contributed by atoms with Gasteiger partial charge in [0.25, 0.3) is 5.91 Å². The van der Waals surface area contributed by atoms with Crippen LogP contribution < -0.4 is 14.8 Å². The molecule has 0 aliphatic rings. The van der Waals surface area contributed by atoms with Crippen LogP contribution >= 0.6 is 15.9 Å². The predicted molar refractivity (Wildman–Crippen MR) is 77.2 cm³/mol. The Morgan fingerprint density at radius 1 is 1.20 bits per heavy atom. The van der Waals surface area contributed by atoms with Crippen molar-refractivity contribution in [3.8, 4) is 11.5 Å². The summed E-state index contributed by atoms with van der Waals surface area (Å²) in [5.41, 5.74) is 0. The third-order valence-electron chi connectivity index (χ3n) is 2.51. The summed E-state index contributed by atoms with van der Waals surface area (Å²) in [4.78, 5) is 11.7. The zero-order valence-electron chi connectivity index (χ0n) is 10.9. The number of rotatable bonds is 6. The molecule has 6 heteroatoms. The van der Waals surface area contributed by atoms with E-state index < -0.39 is 0 Å². The molecule has 0 atom stereocenters. The Hall–Kier alpha value is -1.95. The fraction of sp³-hybridized carbons (Fsp3) is 0.214. The summed E-state index contributed by atoms with van der Waals surface area (Å²) in [5, 5.41) is 2.70. The van der Waals surface area contributed by atoms with Gasteiger partial charge in [-0.2, -0.15) is 0 Å². The SMILES string of the molecule is COc1ccc(OCCNC(=O)c2ccc(Br)o2)cc1. The number of furan rings is 1. The van der Waals surface area contributed by atoms with Crippen LogP contribution in [0, 0.1) is 0 Å². The van der Waals surface area contributed by atoms with E-state index in [1.54, 1.807) is 19.2 Å². The maximum Gasteiger partial charge on any atom is 0.287 e. The molecular formula is C14H14BrNO4. The summed E-state index contributed by atoms with van der Waals surface area (Å²) >= 11 is 3.14. The Morgan fingerprint density at radius 2 is 1.90 bits per heavy atom. The second-order valence-corrected chi connectivity index (χ2v) is 4.67. The molecule has 0 radical (unpaired) electrons. The molecule has 0 saturated heterocycles. The molecule has 1 N–H and O–H groups in total. The van der Waals surface area contributed by atoms with Crippen molar-refractivity contribution in [2.24, 2.45) is 0 Å². The summed E-state index contributed by atoms with van der Waals surface area (Å²) in [5.74, 6) is 1.49. The van der Waals surface area contributed by atoms with Crippen LogP contribution in [0.5, 0.6) is 11.5 Å². The van der Waals surface area contributed by atoms with E-state index in [4.69, 9.17) is 13.9 Å². The normalized spacial score (nSPS) is 10.1. The molecule has 0 unspecified atom stereocenters. The van der Waals surface area contributed by atoms with E-state index >= 15 is 0 Å². The Morgan fingerprint density at radius 3 is 2.50 bits per heavy atom. The number of methoxy groups -OCH3 is 1. The monoisotopic (exact) mass is 339 g/mol. The van der Waals surface area contributed by atoms with E-state index in [1.165, 1.54) is 0 Å². The summed E-state index contributed by atoms with van der Waals surface area (Å²) in [7, 11) is 1.61. The standard InChI is InChI=1S/C14H14BrNO4/c1-18-10-2-4-11(5-3-10)19-9-8-16-14(17)12-6-7-13(15)20-12/h2-7H,8-9H2,1H3,(H,16,17). The number of halogens is 1. The van der Waals surface area contributed by atoms with Crippen molar-refractivity contribution in [1.82, 2.24) is 5.32 Å². The van der Waals surface area contributed by atoms with Crippen molar-refractivity contribution in [1.29, 1.82) is 0 Å². The molecule has 0 aliphatic heterocycles. The highest BCUT2D eigenvalue weighted by Crippen LogP contribution is 2.16. The molecule has 1 aromatic carbocycles. The van der Waals surface area contributed by atoms with Crippen molar-refractivity contribution < 1.29 is 18.7 Å². The summed E-state index contributed by atoms with van der Waals surface area (Å²) in [6.45, 7) is 0.767. The molecule has 1 aromatic heterocycles. The van der Waals surface area contributed by atoms with E-state index in [1.807, 2.05) is 24.3 Å². The van der Waals surface area contributed by atoms with Crippen LogP contribution in [0.3, 0.4) is 0 Å². The molecule has 2 rings (SSSR count). The van der Waals surface area contributed by atoms with Gasteiger partial charge in [0.15, 0.2) is 10.4 Å². The van der Waals surface area contributed by atoms with Gasteiger partial charge in [0.05, 0.1) is 13.7 Å². The van der Waals surface area contributed by atoms with Crippen LogP contribution in [0.25, 0.3) is 0 Å². The summed E-state index contributed by atoms with van der Waals surface area (Å²) < 4.78 is 16.2. The maximum atomic E-state index is 11.7. The van der Waals surface area contributed by atoms with Gasteiger partial charge in [-0.05, 0) is 52.3 Å². The fourth-order valence-corrected chi connectivity index (χ4v) is 1.84. The van der Waals surface area contributed by atoms with Gasteiger partial charge in [-0.25, -0.2) is 0 Å². The number of amides is 1. The lowest BCUT2D eigenvalue weighted by molar-refractivity contribution is 0.0918. The van der Waals surface area contributed by atoms with E-state index in [2.05, 4.69) is 21.2 Å². The zero-order chi connectivity index (χ0) is 14.4. The molecule has 0 bridgehead atoms. The van der Waals surface area contributed by atoms with Crippen LogP contribution in [-0.4, -0.2) is 26.2 Å². The smallest absolute Gasteiger partial charge is 0.287 e. The van der Waals surface area contributed by atoms with Crippen LogP contribution in [0.1, 0.15) is 10.6 Å². The molecule has 0 saturated carbocycles. The van der Waals surface area contributed by atoms with Gasteiger partial charge in [0.2, 0.25) is 0 Å². The lowest BCUT2D eigenvalue weighted by Crippen LogP contribution is -2.27. The van der Waals surface area contributed by atoms with Crippen LogP contribution in [0.15, 0.2) is 45.5 Å². The van der Waals surface area contributed by atoms with E-state index in [0.717, 1.165) is 11.5 Å². The number of carbonyl (C=O) groups is 1. The minimum Gasteiger partial charge on any atom is -0.497 e. The van der Waals surface area contributed by atoms with E-state index in [0.29, 0.717) is 17.8 Å². The van der Waals surface area contributed by atoms with E-state index in [-0.39, 0.29) is 11.7 Å². The second kappa shape index (κ2) is 7.00. The van der Waals surface area contributed by atoms with Crippen molar-refractivity contribution in [3.05, 3.63) is 46.8 Å². The lowest BCUT2D eigenvalue weighted by Gasteiger charge is -2.07. The summed E-state index contributed by atoms with van der Waals surface area (Å²) in [6, 6.07) is 10.5. The maximum absolute atomic E-state index is 11.7. The molecule has 0 aliphatic carbocycles. The highest BCUT2D eigenvalue weighted by Gasteiger charge is 2.09. The Bertz CT molecular complexity index is 565. The number of hydrogen-bond acceptors (Lipinski definition) is 4. The topological polar surface area (TPSA) is 60.7 Å². The lowest BCUT2D eigenvalue weighted by atomic mass is 10.3. The summed E-state index contributed by atoms with van der Waals surface area (Å²) in [6.07, 6.45) is 0. The van der Waals surface area contributed by atoms with Crippen LogP contribution in [0.2, 0.25) is 0 Å². The van der Waals surface area contributed by atoms with E-state index in [9.17, 15) is 4.79 Å². The molecule has 1 heterocycles. The molecule has 5 nitrogen and oxygen atoms in total. The zero-order valence-corrected chi connectivity index (χ0v) is 12.5. The van der Waals surface area contributed by atoms with Gasteiger partial charge in [0, 0.05) is 0 Å². The van der Waals surface area contributed by atoms with Crippen molar-refractivity contribution in [2.75, 3.05) is 20.3 Å². The molecule has 20 heavy (non-hydrogen) atoms. The van der Waals surface area contributed by atoms with Gasteiger partial charge in [-0.3, -0.25) is 4.79 Å². The van der Waals surface area contributed by atoms with Gasteiger partial charge < -0.3 is 19.2 Å². The van der Waals surface area contributed by atoms with Gasteiger partial charge >= 0.3 is 0 Å². The number of ether oxygens (including phenoxy) is 2. The number of nitrogens with one attached hydrogen (secondary N) is 1. The van der Waals surface area contributed by atoms with Crippen molar-refractivity contribution in [3.63, 3.8) is 0 Å². The molecule has 1 amide bonds. The van der Waals surface area contributed by atoms with Crippen LogP contribution in [0.4, 0.5) is 0 Å². The fourth-order valence-electron chi connectivity index (χ4n) is 1.53. The Kier molecular flexibility index (Phi) is 5.06. The average molecular weight is 340 g/mol. The van der Waals surface area contributed by atoms with Gasteiger partial charge in [-0.15, -0.1) is 0 Å². The first kappa shape index (κ1) is 14.5. The largest absolute Gasteiger partial charge is 0.497 e. The number of benzene rings is 1. The first-order valence-electron chi connectivity index (χ1n) is 5.99. The molecule has 2 aromatic rings. The first-order valence-corrected chi connectivity index (χ1v) is 6.79. The molecule has 0 spiro atoms. The second-order valence-electron chi connectivity index (χ2n) is 3.88. The molecule has 106 valence electrons. The predicted octanol–water partition coefficient (Wildman–Crippen LogP) is 2.86. The number of hydrogen-bond donors (Lipinski definition) is 1. The quantitative estimate of drug-likeness (QED) is 0.822. The Labute approximate surface area is 125 Å². The van der Waals surface area contributed by atoms with Crippen molar-refractivity contribution >= 4 is 21.8 Å². The minimum absolute atomic E-state index is 0.265. The van der Waals surface area contributed by atoms with Gasteiger partial charge in [0.1, 0.15) is 18.1 Å². The highest BCUT2D eigenvalue weighted by atomic mass is 79.9. The molecule has 0 fully saturated rings. The highest BCUT2D eigenvalue weighted by molar-refractivity contribution is 9.10. The number of carbonyl (C=O) groups excluding carboxylic acids is 1. The Balaban J connectivity index is 1.72. The minimum atomic E-state index is -0.269. The first-order chi connectivity index (χ1) is 9.69. The van der Waals surface area contributed by atoms with Crippen LogP contribution in [-0.2, 0) is 0 Å².